The quantitative estimate of drug-likeness (QED) is 0.596. The molecule has 1 aromatic rings. The molecule has 1 nitrogen and oxygen atoms in total. The fourth-order valence-corrected chi connectivity index (χ4v) is 3.47. The average molecular weight is 219 g/mol. The molecule has 1 atom stereocenters. The van der Waals surface area contributed by atoms with Crippen LogP contribution in [-0.2, 0) is 12.8 Å². The molecule has 2 rings (SSSR count). The van der Waals surface area contributed by atoms with Crippen LogP contribution < -0.4 is 5.32 Å². The van der Waals surface area contributed by atoms with Gasteiger partial charge in [0.05, 0.1) is 0 Å². The van der Waals surface area contributed by atoms with Crippen LogP contribution >= 0.6 is 11.3 Å². The highest BCUT2D eigenvalue weighted by atomic mass is 32.1. The van der Waals surface area contributed by atoms with Crippen LogP contribution in [0.5, 0.6) is 0 Å². The molecule has 0 spiro atoms. The van der Waals surface area contributed by atoms with Crippen molar-refractivity contribution < 1.29 is 0 Å². The molecule has 0 aliphatic heterocycles. The molecule has 0 saturated heterocycles. The molecule has 0 saturated carbocycles. The zero-order valence-electron chi connectivity index (χ0n) is 9.18. The van der Waals surface area contributed by atoms with Gasteiger partial charge in [0, 0.05) is 9.75 Å². The average Bonchev–Trinajstić information content (AvgIpc) is 2.52. The zero-order valence-corrected chi connectivity index (χ0v) is 9.99. The summed E-state index contributed by atoms with van der Waals surface area (Å²) in [6.45, 7) is 0. The van der Waals surface area contributed by atoms with Gasteiger partial charge < -0.3 is 5.32 Å². The highest BCUT2D eigenvalue weighted by Gasteiger charge is 2.15. The van der Waals surface area contributed by atoms with Crippen LogP contribution in [0.2, 0.25) is 0 Å². The Morgan fingerprint density at radius 1 is 1.40 bits per heavy atom. The van der Waals surface area contributed by atoms with Gasteiger partial charge in [-0.05, 0) is 44.4 Å². The smallest absolute Gasteiger partial charge is 0.103 e. The maximum Gasteiger partial charge on any atom is 0.103 e. The van der Waals surface area contributed by atoms with Crippen molar-refractivity contribution in [3.8, 4) is 12.3 Å². The fourth-order valence-electron chi connectivity index (χ4n) is 2.14. The van der Waals surface area contributed by atoms with E-state index in [9.17, 15) is 0 Å². The Hall–Kier alpha value is -0.780. The predicted molar refractivity (Wildman–Crippen MR) is 66.2 cm³/mol. The second-order valence-electron chi connectivity index (χ2n) is 4.05. The molecule has 0 amide bonds. The van der Waals surface area contributed by atoms with Gasteiger partial charge in [0.1, 0.15) is 6.04 Å². The summed E-state index contributed by atoms with van der Waals surface area (Å²) in [6.07, 6.45) is 12.0. The van der Waals surface area contributed by atoms with E-state index in [1.807, 2.05) is 18.4 Å². The molecule has 0 radical (unpaired) electrons. The summed E-state index contributed by atoms with van der Waals surface area (Å²) in [5.74, 6) is 2.79. The number of hydrogen-bond donors (Lipinski definition) is 1. The molecule has 0 aromatic carbocycles. The lowest BCUT2D eigenvalue weighted by molar-refractivity contribution is 0.710. The Bertz CT molecular complexity index is 349. The summed E-state index contributed by atoms with van der Waals surface area (Å²) in [5.41, 5.74) is 1.54. The summed E-state index contributed by atoms with van der Waals surface area (Å²) in [7, 11) is 1.93. The Morgan fingerprint density at radius 3 is 2.93 bits per heavy atom. The second-order valence-corrected chi connectivity index (χ2v) is 5.21. The molecule has 1 aliphatic rings. The minimum Gasteiger partial charge on any atom is -0.302 e. The van der Waals surface area contributed by atoms with Crippen LogP contribution in [0, 0.1) is 12.3 Å². The molecular formula is C13H17NS. The first-order valence-electron chi connectivity index (χ1n) is 5.60. The van der Waals surface area contributed by atoms with E-state index >= 15 is 0 Å². The molecule has 1 aliphatic carbocycles. The molecule has 1 heterocycles. The van der Waals surface area contributed by atoms with E-state index in [0.717, 1.165) is 0 Å². The van der Waals surface area contributed by atoms with Crippen LogP contribution in [0.4, 0.5) is 0 Å². The summed E-state index contributed by atoms with van der Waals surface area (Å²) in [4.78, 5) is 2.88. The van der Waals surface area contributed by atoms with E-state index in [2.05, 4.69) is 17.3 Å². The highest BCUT2D eigenvalue weighted by molar-refractivity contribution is 7.12. The predicted octanol–water partition coefficient (Wildman–Crippen LogP) is 2.91. The molecule has 0 fully saturated rings. The molecule has 1 N–H and O–H groups in total. The van der Waals surface area contributed by atoms with E-state index < -0.39 is 0 Å². The summed E-state index contributed by atoms with van der Waals surface area (Å²) in [5, 5.41) is 3.17. The minimum atomic E-state index is 0.0990. The molecular weight excluding hydrogens is 202 g/mol. The van der Waals surface area contributed by atoms with E-state index in [-0.39, 0.29) is 6.04 Å². The van der Waals surface area contributed by atoms with E-state index in [4.69, 9.17) is 6.42 Å². The van der Waals surface area contributed by atoms with Crippen LogP contribution in [-0.4, -0.2) is 7.05 Å². The summed E-state index contributed by atoms with van der Waals surface area (Å²) >= 11 is 1.90. The van der Waals surface area contributed by atoms with Crippen molar-refractivity contribution >= 4 is 11.3 Å². The number of aryl methyl sites for hydroxylation is 2. The van der Waals surface area contributed by atoms with Crippen molar-refractivity contribution in [2.45, 2.75) is 38.1 Å². The molecule has 1 unspecified atom stereocenters. The van der Waals surface area contributed by atoms with Crippen LogP contribution in [0.25, 0.3) is 0 Å². The van der Waals surface area contributed by atoms with Crippen LogP contribution in [0.15, 0.2) is 6.07 Å². The lowest BCUT2D eigenvalue weighted by Crippen LogP contribution is -2.12. The topological polar surface area (TPSA) is 12.0 Å². The van der Waals surface area contributed by atoms with Gasteiger partial charge in [-0.25, -0.2) is 0 Å². The fraction of sp³-hybridized carbons (Fsp3) is 0.538. The molecule has 0 bridgehead atoms. The minimum absolute atomic E-state index is 0.0990. The van der Waals surface area contributed by atoms with Crippen molar-refractivity contribution in [1.29, 1.82) is 0 Å². The zero-order chi connectivity index (χ0) is 10.7. The molecule has 80 valence electrons. The standard InChI is InChI=1S/C13H17NS/c1-3-11(14-2)13-9-10-7-5-4-6-8-12(10)15-13/h1,9,11,14H,4-8H2,2H3. The SMILES string of the molecule is C#CC(NC)c1cc2c(s1)CCCCC2. The second kappa shape index (κ2) is 4.83. The number of hydrogen-bond acceptors (Lipinski definition) is 2. The van der Waals surface area contributed by atoms with Gasteiger partial charge in [-0.1, -0.05) is 12.3 Å². The van der Waals surface area contributed by atoms with Crippen LogP contribution in [0.1, 0.15) is 40.6 Å². The molecule has 1 aromatic heterocycles. The van der Waals surface area contributed by atoms with Gasteiger partial charge >= 0.3 is 0 Å². The highest BCUT2D eigenvalue weighted by Crippen LogP contribution is 2.31. The first-order chi connectivity index (χ1) is 7.35. The lowest BCUT2D eigenvalue weighted by atomic mass is 10.1. The van der Waals surface area contributed by atoms with Gasteiger partial charge in [-0.3, -0.25) is 0 Å². The van der Waals surface area contributed by atoms with Gasteiger partial charge in [-0.2, -0.15) is 0 Å². The van der Waals surface area contributed by atoms with E-state index in [1.54, 1.807) is 10.4 Å². The van der Waals surface area contributed by atoms with Crippen molar-refractivity contribution in [1.82, 2.24) is 5.32 Å². The number of nitrogens with one attached hydrogen (secondary N) is 1. The third-order valence-corrected chi connectivity index (χ3v) is 4.31. The third-order valence-electron chi connectivity index (χ3n) is 3.01. The maximum atomic E-state index is 5.50. The van der Waals surface area contributed by atoms with Crippen molar-refractivity contribution in [2.75, 3.05) is 7.05 Å². The number of fused-ring (bicyclic) bond motifs is 1. The van der Waals surface area contributed by atoms with Crippen molar-refractivity contribution in [3.05, 3.63) is 21.4 Å². The summed E-state index contributed by atoms with van der Waals surface area (Å²) < 4.78 is 0. The normalized spacial score (nSPS) is 17.6. The number of thiophene rings is 1. The van der Waals surface area contributed by atoms with E-state index in [1.165, 1.54) is 37.0 Å². The third kappa shape index (κ3) is 2.25. The molecule has 15 heavy (non-hydrogen) atoms. The summed E-state index contributed by atoms with van der Waals surface area (Å²) in [6, 6.07) is 2.41. The van der Waals surface area contributed by atoms with Gasteiger partial charge in [0.25, 0.3) is 0 Å². The van der Waals surface area contributed by atoms with Crippen LogP contribution in [0.3, 0.4) is 0 Å². The number of terminal acetylenes is 1. The number of rotatable bonds is 2. The van der Waals surface area contributed by atoms with Crippen molar-refractivity contribution in [3.63, 3.8) is 0 Å². The Kier molecular flexibility index (Phi) is 3.45. The Balaban J connectivity index is 2.26. The first kappa shape index (κ1) is 10.7. The molecule has 2 heteroatoms. The monoisotopic (exact) mass is 219 g/mol. The van der Waals surface area contributed by atoms with Gasteiger partial charge in [0.2, 0.25) is 0 Å². The lowest BCUT2D eigenvalue weighted by Gasteiger charge is -2.05. The van der Waals surface area contributed by atoms with E-state index in [0.29, 0.717) is 0 Å². The first-order valence-corrected chi connectivity index (χ1v) is 6.41. The van der Waals surface area contributed by atoms with Gasteiger partial charge in [0.15, 0.2) is 0 Å². The van der Waals surface area contributed by atoms with Gasteiger partial charge in [-0.15, -0.1) is 17.8 Å². The van der Waals surface area contributed by atoms with Crippen molar-refractivity contribution in [2.24, 2.45) is 0 Å². The largest absolute Gasteiger partial charge is 0.302 e. The Labute approximate surface area is 95.9 Å². The maximum absolute atomic E-state index is 5.50. The Morgan fingerprint density at radius 2 is 2.20 bits per heavy atom.